The number of allylic oxidation sites excluding steroid dienone is 2. The summed E-state index contributed by atoms with van der Waals surface area (Å²) in [5.74, 6) is -1.78. The number of methoxy groups -OCH3 is 3. The van der Waals surface area contributed by atoms with Gasteiger partial charge < -0.3 is 77.6 Å². The molecule has 3 heterocycles. The van der Waals surface area contributed by atoms with E-state index >= 15 is 0 Å². The van der Waals surface area contributed by atoms with Crippen LogP contribution in [0, 0.1) is 16.7 Å². The van der Waals surface area contributed by atoms with Gasteiger partial charge in [0.2, 0.25) is 0 Å². The van der Waals surface area contributed by atoms with Gasteiger partial charge in [-0.25, -0.2) is 9.59 Å². The number of carbonyl (C=O) groups excluding carboxylic acids is 2. The Bertz CT molecular complexity index is 1980. The molecule has 3 saturated heterocycles. The molecule has 7 rings (SSSR count). The van der Waals surface area contributed by atoms with Gasteiger partial charge in [0, 0.05) is 51.2 Å². The van der Waals surface area contributed by atoms with Crippen molar-refractivity contribution in [3.63, 3.8) is 0 Å². The number of rotatable bonds is 14. The average molecular weight is 995 g/mol. The zero-order valence-electron chi connectivity index (χ0n) is 43.5. The number of aliphatic hydroxyl groups is 5. The normalized spacial score (nSPS) is 48.1. The van der Waals surface area contributed by atoms with E-state index in [9.17, 15) is 35.1 Å². The van der Waals surface area contributed by atoms with Crippen LogP contribution in [-0.2, 0) is 61.7 Å². The van der Waals surface area contributed by atoms with Gasteiger partial charge in [0.1, 0.15) is 59.5 Å². The molecule has 18 heteroatoms. The van der Waals surface area contributed by atoms with E-state index < -0.39 is 138 Å². The van der Waals surface area contributed by atoms with Crippen LogP contribution in [-0.4, -0.2) is 174 Å². The quantitative estimate of drug-likeness (QED) is 0.0930. The van der Waals surface area contributed by atoms with Gasteiger partial charge in [-0.05, 0) is 106 Å². The van der Waals surface area contributed by atoms with Crippen LogP contribution in [0.3, 0.4) is 0 Å². The minimum atomic E-state index is -1.95. The van der Waals surface area contributed by atoms with Gasteiger partial charge in [0.25, 0.3) is 0 Å². The summed E-state index contributed by atoms with van der Waals surface area (Å²) in [6.07, 6.45) is -3.84. The monoisotopic (exact) mass is 995 g/mol. The van der Waals surface area contributed by atoms with Crippen molar-refractivity contribution in [2.45, 2.75) is 242 Å². The number of hydrogen-bond donors (Lipinski definition) is 5. The molecule has 6 fully saturated rings. The zero-order chi connectivity index (χ0) is 51.5. The molecule has 3 saturated carbocycles. The van der Waals surface area contributed by atoms with E-state index in [4.69, 9.17) is 52.1 Å². The lowest BCUT2D eigenvalue weighted by Gasteiger charge is -2.67. The summed E-state index contributed by atoms with van der Waals surface area (Å²) in [7, 11) is 4.61. The summed E-state index contributed by atoms with van der Waals surface area (Å²) in [5, 5.41) is 60.5. The predicted molar refractivity (Wildman–Crippen MR) is 251 cm³/mol. The van der Waals surface area contributed by atoms with E-state index in [0.29, 0.717) is 43.3 Å². The largest absolute Gasteiger partial charge is 0.458 e. The number of ether oxygens (including phenoxy) is 11. The lowest BCUT2D eigenvalue weighted by atomic mass is 9.42. The summed E-state index contributed by atoms with van der Waals surface area (Å²) >= 11 is 0. The molecule has 5 N–H and O–H groups in total. The Labute approximate surface area is 413 Å². The standard InChI is InChI=1S/C52H82O18/c1-14-26(3)45(55)66-31(8)50(57)20-21-52(59)49(50,10)37(68-46(56)27(4)15-2)25-36-48(9)18-17-33(22-32(48)16-19-51(36,52)58)67-38-23-34(60-11)42(29(6)63-38)69-39-24-35(61-12)43(30(7)64-39)70-47-41(54)44(62-13)40(53)28(5)65-47/h14-16,28-31,33-44,47,53-54,57-59H,17-25H2,1-13H3. The van der Waals surface area contributed by atoms with Crippen LogP contribution in [0.25, 0.3) is 0 Å². The lowest BCUT2D eigenvalue weighted by molar-refractivity contribution is -0.352. The van der Waals surface area contributed by atoms with Crippen molar-refractivity contribution >= 4 is 11.9 Å². The van der Waals surface area contributed by atoms with Crippen LogP contribution >= 0.6 is 0 Å². The number of esters is 2. The maximum atomic E-state index is 13.6. The third-order valence-corrected chi connectivity index (χ3v) is 18.2. The Morgan fingerprint density at radius 3 is 1.91 bits per heavy atom. The summed E-state index contributed by atoms with van der Waals surface area (Å²) in [5.41, 5.74) is -6.05. The molecule has 0 amide bonds. The minimum Gasteiger partial charge on any atom is -0.458 e. The Morgan fingerprint density at radius 2 is 1.33 bits per heavy atom. The van der Waals surface area contributed by atoms with Crippen molar-refractivity contribution in [1.29, 1.82) is 0 Å². The zero-order valence-corrected chi connectivity index (χ0v) is 43.5. The third-order valence-electron chi connectivity index (χ3n) is 18.2. The second kappa shape index (κ2) is 21.1. The Kier molecular flexibility index (Phi) is 16.7. The van der Waals surface area contributed by atoms with Crippen molar-refractivity contribution in [2.75, 3.05) is 21.3 Å². The van der Waals surface area contributed by atoms with Crippen molar-refractivity contribution in [1.82, 2.24) is 0 Å². The van der Waals surface area contributed by atoms with Crippen molar-refractivity contribution in [3.05, 3.63) is 34.9 Å². The third kappa shape index (κ3) is 9.30. The molecule has 4 aliphatic carbocycles. The number of fused-ring (bicyclic) bond motifs is 5. The fourth-order valence-electron chi connectivity index (χ4n) is 13.4. The topological polar surface area (TPSA) is 237 Å². The van der Waals surface area contributed by atoms with E-state index in [1.807, 2.05) is 19.9 Å². The van der Waals surface area contributed by atoms with Gasteiger partial charge in [-0.1, -0.05) is 37.6 Å². The van der Waals surface area contributed by atoms with E-state index in [2.05, 4.69) is 6.92 Å². The molecule has 0 radical (unpaired) electrons. The van der Waals surface area contributed by atoms with E-state index in [1.165, 1.54) is 7.11 Å². The van der Waals surface area contributed by atoms with Crippen LogP contribution in [0.4, 0.5) is 0 Å². The van der Waals surface area contributed by atoms with Crippen molar-refractivity contribution in [2.24, 2.45) is 16.7 Å². The molecule has 0 spiro atoms. The van der Waals surface area contributed by atoms with Gasteiger partial charge >= 0.3 is 11.9 Å². The second-order valence-corrected chi connectivity index (χ2v) is 21.6. The number of aliphatic hydroxyl groups excluding tert-OH is 2. The molecule has 0 bridgehead atoms. The van der Waals surface area contributed by atoms with Gasteiger partial charge in [0.05, 0.1) is 42.0 Å². The van der Waals surface area contributed by atoms with Crippen LogP contribution in [0.1, 0.15) is 127 Å². The highest BCUT2D eigenvalue weighted by Gasteiger charge is 2.81. The second-order valence-electron chi connectivity index (χ2n) is 21.6. The van der Waals surface area contributed by atoms with E-state index in [-0.39, 0.29) is 31.8 Å². The first-order valence-corrected chi connectivity index (χ1v) is 25.3. The Morgan fingerprint density at radius 1 is 0.743 bits per heavy atom. The fourth-order valence-corrected chi connectivity index (χ4v) is 13.4. The summed E-state index contributed by atoms with van der Waals surface area (Å²) in [4.78, 5) is 26.7. The molecule has 398 valence electrons. The molecule has 0 aromatic rings. The van der Waals surface area contributed by atoms with Gasteiger partial charge in [-0.2, -0.15) is 0 Å². The van der Waals surface area contributed by atoms with Crippen molar-refractivity contribution in [3.8, 4) is 0 Å². The number of carbonyl (C=O) groups is 2. The van der Waals surface area contributed by atoms with Gasteiger partial charge in [0.15, 0.2) is 18.9 Å². The first kappa shape index (κ1) is 55.4. The summed E-state index contributed by atoms with van der Waals surface area (Å²) in [6, 6.07) is 0. The smallest absolute Gasteiger partial charge is 0.333 e. The molecule has 22 unspecified atom stereocenters. The Hall–Kier alpha value is -2.40. The predicted octanol–water partition coefficient (Wildman–Crippen LogP) is 4.23. The maximum absolute atomic E-state index is 13.6. The fraction of sp³-hybridized carbons (Fsp3) is 0.846. The molecule has 3 aliphatic heterocycles. The molecule has 7 aliphatic rings. The molecule has 0 aromatic heterocycles. The van der Waals surface area contributed by atoms with Crippen LogP contribution in [0.15, 0.2) is 34.9 Å². The maximum Gasteiger partial charge on any atom is 0.333 e. The minimum absolute atomic E-state index is 0.00717. The average Bonchev–Trinajstić information content (AvgIpc) is 3.56. The van der Waals surface area contributed by atoms with Crippen LogP contribution < -0.4 is 0 Å². The van der Waals surface area contributed by atoms with Gasteiger partial charge in [-0.3, -0.25) is 0 Å². The highest BCUT2D eigenvalue weighted by Crippen LogP contribution is 2.71. The number of hydrogen-bond acceptors (Lipinski definition) is 18. The summed E-state index contributed by atoms with van der Waals surface area (Å²) < 4.78 is 67.7. The molecule has 0 aromatic carbocycles. The van der Waals surface area contributed by atoms with Crippen LogP contribution in [0.5, 0.6) is 0 Å². The molecule has 18 nitrogen and oxygen atoms in total. The summed E-state index contributed by atoms with van der Waals surface area (Å²) in [6.45, 7) is 17.5. The highest BCUT2D eigenvalue weighted by molar-refractivity contribution is 5.88. The highest BCUT2D eigenvalue weighted by atomic mass is 16.8. The lowest BCUT2D eigenvalue weighted by Crippen LogP contribution is -2.78. The molecular weight excluding hydrogens is 913 g/mol. The Balaban J connectivity index is 1.03. The molecule has 22 atom stereocenters. The van der Waals surface area contributed by atoms with Crippen molar-refractivity contribution < 1.29 is 87.2 Å². The van der Waals surface area contributed by atoms with E-state index in [0.717, 1.165) is 5.57 Å². The first-order chi connectivity index (χ1) is 32.9. The molecular formula is C52H82O18. The first-order valence-electron chi connectivity index (χ1n) is 25.3. The SMILES string of the molecule is CC=C(C)C(=O)OC(C)C1(O)CCC2(O)C3(O)CC=C4CC(OC5CC(OC)C(OC6CC(OC)C(OC7OC(C)C(O)C(OC)C7O)C(C)O6)C(C)O5)CCC4(C)C3CC(OC(=O)C(C)=CC)C12C. The van der Waals surface area contributed by atoms with E-state index in [1.54, 1.807) is 74.8 Å². The molecule has 70 heavy (non-hydrogen) atoms. The van der Waals surface area contributed by atoms with Gasteiger partial charge in [-0.15, -0.1) is 0 Å². The van der Waals surface area contributed by atoms with Crippen LogP contribution in [0.2, 0.25) is 0 Å².